The second-order valence-corrected chi connectivity index (χ2v) is 6.88. The molecule has 0 bridgehead atoms. The smallest absolute Gasteiger partial charge is 0.266 e. The Morgan fingerprint density at radius 1 is 1.18 bits per heavy atom. The zero-order valence-electron chi connectivity index (χ0n) is 15.1. The predicted molar refractivity (Wildman–Crippen MR) is 110 cm³/mol. The summed E-state index contributed by atoms with van der Waals surface area (Å²) in [6.07, 6.45) is 1.54. The van der Waals surface area contributed by atoms with E-state index in [1.54, 1.807) is 30.3 Å². The number of carbonyl (C=O) groups is 1. The van der Waals surface area contributed by atoms with Crippen molar-refractivity contribution in [3.8, 4) is 22.3 Å². The number of nitriles is 1. The van der Waals surface area contributed by atoms with Gasteiger partial charge in [-0.1, -0.05) is 24.3 Å². The molecular weight excluding hydrogens is 375 g/mol. The molecular formula is C22H17FN2O2S. The van der Waals surface area contributed by atoms with E-state index >= 15 is 0 Å². The fraction of sp³-hybridized carbons (Fsp3) is 0.0909. The first-order chi connectivity index (χ1) is 13.6. The molecule has 3 aromatic rings. The second kappa shape index (κ2) is 8.98. The Kier molecular flexibility index (Phi) is 6.20. The number of amides is 1. The van der Waals surface area contributed by atoms with Crippen LogP contribution in [0, 0.1) is 17.1 Å². The Hall–Kier alpha value is -3.43. The van der Waals surface area contributed by atoms with E-state index in [1.807, 2.05) is 31.2 Å². The fourth-order valence-corrected chi connectivity index (χ4v) is 3.49. The number of ether oxygens (including phenoxy) is 1. The van der Waals surface area contributed by atoms with Gasteiger partial charge >= 0.3 is 0 Å². The molecule has 0 aliphatic carbocycles. The first kappa shape index (κ1) is 19.3. The first-order valence-electron chi connectivity index (χ1n) is 8.61. The van der Waals surface area contributed by atoms with E-state index in [0.717, 1.165) is 15.3 Å². The number of rotatable bonds is 6. The lowest BCUT2D eigenvalue weighted by molar-refractivity contribution is -0.112. The van der Waals surface area contributed by atoms with Crippen LogP contribution in [0.25, 0.3) is 16.5 Å². The minimum absolute atomic E-state index is 0.0150. The van der Waals surface area contributed by atoms with Gasteiger partial charge in [0.25, 0.3) is 5.91 Å². The van der Waals surface area contributed by atoms with Crippen LogP contribution in [0.2, 0.25) is 0 Å². The van der Waals surface area contributed by atoms with Gasteiger partial charge in [0.2, 0.25) is 0 Å². The molecule has 4 nitrogen and oxygen atoms in total. The maximum absolute atomic E-state index is 13.1. The van der Waals surface area contributed by atoms with E-state index in [-0.39, 0.29) is 11.4 Å². The highest BCUT2D eigenvalue weighted by atomic mass is 32.1. The van der Waals surface area contributed by atoms with Gasteiger partial charge in [-0.05, 0) is 55.0 Å². The molecule has 1 N–H and O–H groups in total. The number of thiophene rings is 1. The van der Waals surface area contributed by atoms with Crippen molar-refractivity contribution in [2.24, 2.45) is 0 Å². The van der Waals surface area contributed by atoms with Crippen molar-refractivity contribution in [3.63, 3.8) is 0 Å². The van der Waals surface area contributed by atoms with Crippen LogP contribution in [0.15, 0.2) is 66.2 Å². The van der Waals surface area contributed by atoms with E-state index < -0.39 is 5.91 Å². The summed E-state index contributed by atoms with van der Waals surface area (Å²) < 4.78 is 18.6. The minimum Gasteiger partial charge on any atom is -0.492 e. The lowest BCUT2D eigenvalue weighted by Gasteiger charge is -2.10. The monoisotopic (exact) mass is 392 g/mol. The number of hydrogen-bond acceptors (Lipinski definition) is 4. The number of halogens is 1. The number of carbonyl (C=O) groups excluding carboxylic acids is 1. The molecule has 2 aromatic carbocycles. The van der Waals surface area contributed by atoms with Crippen molar-refractivity contribution in [2.45, 2.75) is 6.92 Å². The Labute approximate surface area is 166 Å². The van der Waals surface area contributed by atoms with Crippen molar-refractivity contribution >= 4 is 29.0 Å². The van der Waals surface area contributed by atoms with Crippen LogP contribution >= 0.6 is 11.3 Å². The summed E-state index contributed by atoms with van der Waals surface area (Å²) >= 11 is 1.42. The van der Waals surface area contributed by atoms with E-state index in [9.17, 15) is 14.4 Å². The molecule has 1 heterocycles. The zero-order chi connectivity index (χ0) is 19.9. The van der Waals surface area contributed by atoms with Crippen LogP contribution in [0.3, 0.4) is 0 Å². The molecule has 1 aromatic heterocycles. The van der Waals surface area contributed by atoms with E-state index in [2.05, 4.69) is 5.32 Å². The topological polar surface area (TPSA) is 62.1 Å². The SMILES string of the molecule is CCOc1ccccc1NC(=O)/C(C#N)=C/c1ccc(-c2ccc(F)cc2)s1. The van der Waals surface area contributed by atoms with Crippen molar-refractivity contribution in [2.75, 3.05) is 11.9 Å². The molecule has 0 aliphatic rings. The Morgan fingerprint density at radius 3 is 2.64 bits per heavy atom. The maximum Gasteiger partial charge on any atom is 0.266 e. The third-order valence-corrected chi connectivity index (χ3v) is 4.92. The van der Waals surface area contributed by atoms with Crippen molar-refractivity contribution < 1.29 is 13.9 Å². The standard InChI is InChI=1S/C22H17FN2O2S/c1-2-27-20-6-4-3-5-19(20)25-22(26)16(14-24)13-18-11-12-21(28-18)15-7-9-17(23)10-8-15/h3-13H,2H2,1H3,(H,25,26)/b16-13+. The van der Waals surface area contributed by atoms with Gasteiger partial charge in [-0.25, -0.2) is 4.39 Å². The summed E-state index contributed by atoms with van der Waals surface area (Å²) in [6.45, 7) is 2.32. The average molecular weight is 392 g/mol. The lowest BCUT2D eigenvalue weighted by Crippen LogP contribution is -2.14. The third-order valence-electron chi connectivity index (χ3n) is 3.84. The van der Waals surface area contributed by atoms with Gasteiger partial charge in [-0.15, -0.1) is 11.3 Å². The third kappa shape index (κ3) is 4.64. The minimum atomic E-state index is -0.508. The van der Waals surface area contributed by atoms with Crippen molar-refractivity contribution in [3.05, 3.63) is 76.9 Å². The summed E-state index contributed by atoms with van der Waals surface area (Å²) in [7, 11) is 0. The molecule has 0 radical (unpaired) electrons. The van der Waals surface area contributed by atoms with Crippen molar-refractivity contribution in [1.82, 2.24) is 0 Å². The molecule has 0 fully saturated rings. The van der Waals surface area contributed by atoms with Gasteiger partial charge < -0.3 is 10.1 Å². The van der Waals surface area contributed by atoms with E-state index in [4.69, 9.17) is 4.74 Å². The molecule has 0 spiro atoms. The Bertz CT molecular complexity index is 1050. The highest BCUT2D eigenvalue weighted by molar-refractivity contribution is 7.16. The molecule has 140 valence electrons. The largest absolute Gasteiger partial charge is 0.492 e. The number of nitrogens with zero attached hydrogens (tertiary/aromatic N) is 1. The van der Waals surface area contributed by atoms with Crippen LogP contribution < -0.4 is 10.1 Å². The maximum atomic E-state index is 13.1. The summed E-state index contributed by atoms with van der Waals surface area (Å²) in [4.78, 5) is 14.2. The van der Waals surface area contributed by atoms with E-state index in [0.29, 0.717) is 18.0 Å². The Morgan fingerprint density at radius 2 is 1.93 bits per heavy atom. The molecule has 3 rings (SSSR count). The van der Waals surface area contributed by atoms with Gasteiger partial charge in [0, 0.05) is 9.75 Å². The van der Waals surface area contributed by atoms with Gasteiger partial charge in [-0.2, -0.15) is 5.26 Å². The number of benzene rings is 2. The van der Waals surface area contributed by atoms with Gasteiger partial charge in [-0.3, -0.25) is 4.79 Å². The van der Waals surface area contributed by atoms with Gasteiger partial charge in [0.05, 0.1) is 12.3 Å². The molecule has 0 unspecified atom stereocenters. The van der Waals surface area contributed by atoms with Crippen LogP contribution in [0.1, 0.15) is 11.8 Å². The molecule has 1 amide bonds. The van der Waals surface area contributed by atoms with Crippen LogP contribution in [-0.2, 0) is 4.79 Å². The number of hydrogen-bond donors (Lipinski definition) is 1. The van der Waals surface area contributed by atoms with Gasteiger partial charge in [0.15, 0.2) is 0 Å². The average Bonchev–Trinajstić information content (AvgIpc) is 3.17. The Balaban J connectivity index is 1.80. The summed E-state index contributed by atoms with van der Waals surface area (Å²) in [6, 6.07) is 18.9. The van der Waals surface area contributed by atoms with Gasteiger partial charge in [0.1, 0.15) is 23.2 Å². The highest BCUT2D eigenvalue weighted by Gasteiger charge is 2.13. The summed E-state index contributed by atoms with van der Waals surface area (Å²) in [5.74, 6) is -0.257. The molecule has 0 saturated carbocycles. The zero-order valence-corrected chi connectivity index (χ0v) is 15.9. The lowest BCUT2D eigenvalue weighted by atomic mass is 10.2. The predicted octanol–water partition coefficient (Wildman–Crippen LogP) is 5.50. The highest BCUT2D eigenvalue weighted by Crippen LogP contribution is 2.30. The molecule has 6 heteroatoms. The van der Waals surface area contributed by atoms with Crippen LogP contribution in [-0.4, -0.2) is 12.5 Å². The number of anilines is 1. The summed E-state index contributed by atoms with van der Waals surface area (Å²) in [5.41, 5.74) is 1.37. The van der Waals surface area contributed by atoms with Crippen molar-refractivity contribution in [1.29, 1.82) is 5.26 Å². The fourth-order valence-electron chi connectivity index (χ4n) is 2.53. The molecule has 0 saturated heterocycles. The van der Waals surface area contributed by atoms with Crippen LogP contribution in [0.5, 0.6) is 5.75 Å². The number of para-hydroxylation sites is 2. The molecule has 28 heavy (non-hydrogen) atoms. The number of nitrogens with one attached hydrogen (secondary N) is 1. The molecule has 0 aliphatic heterocycles. The second-order valence-electron chi connectivity index (χ2n) is 5.76. The normalized spacial score (nSPS) is 11.0. The first-order valence-corrected chi connectivity index (χ1v) is 9.43. The van der Waals surface area contributed by atoms with E-state index in [1.165, 1.54) is 29.5 Å². The van der Waals surface area contributed by atoms with Crippen LogP contribution in [0.4, 0.5) is 10.1 Å². The molecule has 0 atom stereocenters. The summed E-state index contributed by atoms with van der Waals surface area (Å²) in [5, 5.41) is 12.1. The quantitative estimate of drug-likeness (QED) is 0.445.